The van der Waals surface area contributed by atoms with Crippen LogP contribution in [-0.4, -0.2) is 36.5 Å². The van der Waals surface area contributed by atoms with Crippen molar-refractivity contribution < 1.29 is 9.82 Å². The third-order valence-electron chi connectivity index (χ3n) is 4.74. The monoisotopic (exact) mass is 356 g/mol. The number of aromatic nitrogens is 5. The smallest absolute Gasteiger partial charge is 0.312 e. The van der Waals surface area contributed by atoms with Gasteiger partial charge in [-0.05, 0) is 32.9 Å². The first-order valence-electron chi connectivity index (χ1n) is 8.34. The van der Waals surface area contributed by atoms with Crippen LogP contribution < -0.4 is 4.90 Å². The van der Waals surface area contributed by atoms with Gasteiger partial charge in [-0.25, -0.2) is 14.3 Å². The molecule has 2 aromatic heterocycles. The maximum atomic E-state index is 11.2. The number of hydrogen-bond donors (Lipinski definition) is 1. The van der Waals surface area contributed by atoms with Crippen LogP contribution in [0.5, 0.6) is 0 Å². The first-order valence-corrected chi connectivity index (χ1v) is 8.34. The number of benzene rings is 1. The standard InChI is InChI=1S/C17H21N7O2/c1-12-17(24(25)26)14(3)23(20-12)11-21(4)13(2)15-5-7-16(8-6-15)22-10-18-9-19-22/h5-10,13H,11H2,1-4H3/p+1/t13-/m1/s1. The van der Waals surface area contributed by atoms with Crippen molar-refractivity contribution in [2.24, 2.45) is 0 Å². The number of nitrogens with zero attached hydrogens (tertiary/aromatic N) is 6. The highest BCUT2D eigenvalue weighted by molar-refractivity contribution is 5.39. The van der Waals surface area contributed by atoms with Gasteiger partial charge >= 0.3 is 5.69 Å². The van der Waals surface area contributed by atoms with Gasteiger partial charge in [0.1, 0.15) is 30.1 Å². The van der Waals surface area contributed by atoms with Gasteiger partial charge < -0.3 is 4.90 Å². The van der Waals surface area contributed by atoms with E-state index in [1.54, 1.807) is 29.5 Å². The summed E-state index contributed by atoms with van der Waals surface area (Å²) >= 11 is 0. The molecule has 26 heavy (non-hydrogen) atoms. The molecule has 0 amide bonds. The molecule has 9 nitrogen and oxygen atoms in total. The lowest BCUT2D eigenvalue weighted by atomic mass is 10.1. The third kappa shape index (κ3) is 3.33. The Morgan fingerprint density at radius 3 is 2.50 bits per heavy atom. The molecule has 0 aliphatic carbocycles. The third-order valence-corrected chi connectivity index (χ3v) is 4.74. The predicted molar refractivity (Wildman–Crippen MR) is 95.0 cm³/mol. The van der Waals surface area contributed by atoms with Gasteiger partial charge in [0.05, 0.1) is 17.7 Å². The summed E-state index contributed by atoms with van der Waals surface area (Å²) in [6.07, 6.45) is 3.16. The van der Waals surface area contributed by atoms with Crippen molar-refractivity contribution in [3.05, 3.63) is 64.0 Å². The molecule has 1 aromatic carbocycles. The maximum absolute atomic E-state index is 11.2. The number of nitrogens with one attached hydrogen (secondary N) is 1. The first-order chi connectivity index (χ1) is 12.4. The molecule has 0 aliphatic heterocycles. The molecule has 136 valence electrons. The predicted octanol–water partition coefficient (Wildman–Crippen LogP) is 1.22. The van der Waals surface area contributed by atoms with Crippen LogP contribution in [0.25, 0.3) is 5.69 Å². The summed E-state index contributed by atoms with van der Waals surface area (Å²) in [6, 6.07) is 8.33. The summed E-state index contributed by atoms with van der Waals surface area (Å²) in [5.41, 5.74) is 3.25. The Labute approximate surface area is 151 Å². The Morgan fingerprint density at radius 1 is 1.27 bits per heavy atom. The van der Waals surface area contributed by atoms with Crippen LogP contribution in [0.1, 0.15) is 29.9 Å². The fourth-order valence-electron chi connectivity index (χ4n) is 3.02. The zero-order valence-corrected chi connectivity index (χ0v) is 15.2. The molecular weight excluding hydrogens is 334 g/mol. The first kappa shape index (κ1) is 17.7. The van der Waals surface area contributed by atoms with E-state index in [4.69, 9.17) is 0 Å². The van der Waals surface area contributed by atoms with E-state index in [0.29, 0.717) is 18.1 Å². The van der Waals surface area contributed by atoms with Crippen molar-refractivity contribution in [2.45, 2.75) is 33.5 Å². The second-order valence-electron chi connectivity index (χ2n) is 6.43. The molecule has 9 heteroatoms. The number of hydrogen-bond acceptors (Lipinski definition) is 5. The summed E-state index contributed by atoms with van der Waals surface area (Å²) in [7, 11) is 2.05. The van der Waals surface area contributed by atoms with Crippen molar-refractivity contribution >= 4 is 5.69 Å². The molecule has 2 atom stereocenters. The zero-order valence-electron chi connectivity index (χ0n) is 15.2. The molecule has 0 fully saturated rings. The molecule has 1 N–H and O–H groups in total. The molecule has 2 heterocycles. The lowest BCUT2D eigenvalue weighted by molar-refractivity contribution is -0.933. The van der Waals surface area contributed by atoms with Gasteiger partial charge in [0.2, 0.25) is 0 Å². The highest BCUT2D eigenvalue weighted by Gasteiger charge is 2.24. The van der Waals surface area contributed by atoms with E-state index in [1.807, 2.05) is 12.1 Å². The minimum atomic E-state index is -0.365. The van der Waals surface area contributed by atoms with Crippen molar-refractivity contribution in [1.82, 2.24) is 24.5 Å². The summed E-state index contributed by atoms with van der Waals surface area (Å²) in [5, 5.41) is 19.6. The van der Waals surface area contributed by atoms with E-state index in [1.165, 1.54) is 16.8 Å². The summed E-state index contributed by atoms with van der Waals surface area (Å²) in [5.74, 6) is 0. The van der Waals surface area contributed by atoms with Crippen LogP contribution in [0.2, 0.25) is 0 Å². The van der Waals surface area contributed by atoms with Crippen molar-refractivity contribution in [3.63, 3.8) is 0 Å². The van der Waals surface area contributed by atoms with Gasteiger partial charge in [0, 0.05) is 5.56 Å². The normalized spacial score (nSPS) is 13.5. The average molecular weight is 356 g/mol. The molecule has 0 saturated carbocycles. The molecule has 3 rings (SSSR count). The summed E-state index contributed by atoms with van der Waals surface area (Å²) in [6.45, 7) is 6.08. The van der Waals surface area contributed by atoms with Gasteiger partial charge in [-0.1, -0.05) is 12.1 Å². The minimum Gasteiger partial charge on any atom is -0.313 e. The van der Waals surface area contributed by atoms with Crippen LogP contribution in [0.15, 0.2) is 36.9 Å². The second kappa shape index (κ2) is 7.04. The number of nitro groups is 1. The Bertz CT molecular complexity index is 900. The van der Waals surface area contributed by atoms with E-state index in [0.717, 1.165) is 5.69 Å². The van der Waals surface area contributed by atoms with Crippen molar-refractivity contribution in [2.75, 3.05) is 7.05 Å². The number of rotatable bonds is 6. The fraction of sp³-hybridized carbons (Fsp3) is 0.353. The summed E-state index contributed by atoms with van der Waals surface area (Å²) in [4.78, 5) is 15.9. The Morgan fingerprint density at radius 2 is 1.96 bits per heavy atom. The number of aryl methyl sites for hydroxylation is 1. The van der Waals surface area contributed by atoms with E-state index < -0.39 is 0 Å². The minimum absolute atomic E-state index is 0.0997. The van der Waals surface area contributed by atoms with E-state index in [9.17, 15) is 10.1 Å². The van der Waals surface area contributed by atoms with E-state index in [-0.39, 0.29) is 16.7 Å². The number of quaternary nitrogens is 1. The molecule has 3 aromatic rings. The van der Waals surface area contributed by atoms with Crippen LogP contribution in [0.3, 0.4) is 0 Å². The van der Waals surface area contributed by atoms with Crippen LogP contribution in [-0.2, 0) is 6.67 Å². The van der Waals surface area contributed by atoms with Gasteiger partial charge in [0.25, 0.3) is 0 Å². The topological polar surface area (TPSA) is 96.1 Å². The van der Waals surface area contributed by atoms with Gasteiger partial charge in [-0.2, -0.15) is 10.2 Å². The average Bonchev–Trinajstić information content (AvgIpc) is 3.23. The zero-order chi connectivity index (χ0) is 18.8. The van der Waals surface area contributed by atoms with Gasteiger partial charge in [-0.3, -0.25) is 10.1 Å². The highest BCUT2D eigenvalue weighted by Crippen LogP contribution is 2.21. The summed E-state index contributed by atoms with van der Waals surface area (Å²) < 4.78 is 3.42. The Hall–Kier alpha value is -3.07. The van der Waals surface area contributed by atoms with Gasteiger partial charge in [-0.15, -0.1) is 0 Å². The Balaban J connectivity index is 1.75. The molecule has 0 radical (unpaired) electrons. The molecule has 0 aliphatic rings. The lowest BCUT2D eigenvalue weighted by Gasteiger charge is -2.22. The molecule has 0 spiro atoms. The molecule has 0 bridgehead atoms. The van der Waals surface area contributed by atoms with Crippen molar-refractivity contribution in [1.29, 1.82) is 0 Å². The SMILES string of the molecule is Cc1nn(C[NH+](C)[C@H](C)c2ccc(-n3cncn3)cc2)c(C)c1[N+](=O)[O-]. The quantitative estimate of drug-likeness (QED) is 0.529. The van der Waals surface area contributed by atoms with Crippen LogP contribution in [0.4, 0.5) is 5.69 Å². The molecule has 1 unspecified atom stereocenters. The molecular formula is C17H22N7O2+. The van der Waals surface area contributed by atoms with Gasteiger partial charge in [0.15, 0.2) is 6.67 Å². The highest BCUT2D eigenvalue weighted by atomic mass is 16.6. The second-order valence-corrected chi connectivity index (χ2v) is 6.43. The van der Waals surface area contributed by atoms with Crippen LogP contribution in [0, 0.1) is 24.0 Å². The van der Waals surface area contributed by atoms with Crippen LogP contribution >= 0.6 is 0 Å². The fourth-order valence-corrected chi connectivity index (χ4v) is 3.02. The maximum Gasteiger partial charge on any atom is 0.312 e. The van der Waals surface area contributed by atoms with E-state index in [2.05, 4.69) is 41.3 Å². The molecule has 0 saturated heterocycles. The Kier molecular flexibility index (Phi) is 4.81. The van der Waals surface area contributed by atoms with Crippen molar-refractivity contribution in [3.8, 4) is 5.69 Å². The lowest BCUT2D eigenvalue weighted by Crippen LogP contribution is -3.08. The largest absolute Gasteiger partial charge is 0.313 e. The van der Waals surface area contributed by atoms with E-state index >= 15 is 0 Å².